The quantitative estimate of drug-likeness (QED) is 0.600. The van der Waals surface area contributed by atoms with Gasteiger partial charge in [0.05, 0.1) is 12.5 Å². The fourth-order valence-electron chi connectivity index (χ4n) is 3.43. The second-order valence-corrected chi connectivity index (χ2v) is 6.37. The summed E-state index contributed by atoms with van der Waals surface area (Å²) in [5.74, 6) is -1.01. The minimum absolute atomic E-state index is 0.0224. The molecule has 0 N–H and O–H groups in total. The highest BCUT2D eigenvalue weighted by molar-refractivity contribution is 6.00. The molecule has 130 valence electrons. The maximum absolute atomic E-state index is 12.9. The van der Waals surface area contributed by atoms with Crippen molar-refractivity contribution in [3.8, 4) is 0 Å². The molecule has 2 atom stereocenters. The smallest absolute Gasteiger partial charge is 0.311 e. The summed E-state index contributed by atoms with van der Waals surface area (Å²) in [5.41, 5.74) is 1.83. The van der Waals surface area contributed by atoms with Crippen molar-refractivity contribution in [2.24, 2.45) is 11.8 Å². The molecule has 4 heteroatoms. The van der Waals surface area contributed by atoms with Gasteiger partial charge >= 0.3 is 5.97 Å². The second kappa shape index (κ2) is 8.08. The highest BCUT2D eigenvalue weighted by Crippen LogP contribution is 2.29. The number of carbonyl (C=O) groups excluding carboxylic acids is 2. The molecule has 1 saturated heterocycles. The predicted octanol–water partition coefficient (Wildman–Crippen LogP) is 3.18. The van der Waals surface area contributed by atoms with Crippen molar-refractivity contribution in [2.45, 2.75) is 13.5 Å². The summed E-state index contributed by atoms with van der Waals surface area (Å²) in [7, 11) is 0. The second-order valence-electron chi connectivity index (χ2n) is 6.37. The minimum atomic E-state index is -0.406. The Morgan fingerprint density at radius 1 is 0.960 bits per heavy atom. The fourth-order valence-corrected chi connectivity index (χ4v) is 3.43. The third-order valence-electron chi connectivity index (χ3n) is 4.63. The van der Waals surface area contributed by atoms with E-state index in [-0.39, 0.29) is 17.7 Å². The van der Waals surface area contributed by atoms with Crippen LogP contribution in [0.5, 0.6) is 0 Å². The largest absolute Gasteiger partial charge is 0.466 e. The molecule has 4 nitrogen and oxygen atoms in total. The summed E-state index contributed by atoms with van der Waals surface area (Å²) >= 11 is 0. The topological polar surface area (TPSA) is 46.6 Å². The zero-order valence-electron chi connectivity index (χ0n) is 14.4. The maximum atomic E-state index is 12.9. The highest BCUT2D eigenvalue weighted by atomic mass is 16.5. The molecule has 3 rings (SSSR count). The van der Waals surface area contributed by atoms with E-state index in [0.29, 0.717) is 25.3 Å². The van der Waals surface area contributed by atoms with Crippen LogP contribution in [0.4, 0.5) is 0 Å². The Morgan fingerprint density at radius 2 is 1.56 bits per heavy atom. The van der Waals surface area contributed by atoms with Gasteiger partial charge in [-0.05, 0) is 12.5 Å². The van der Waals surface area contributed by atoms with Gasteiger partial charge in [0.25, 0.3) is 0 Å². The molecule has 1 aliphatic rings. The Labute approximate surface area is 148 Å². The number of hydrogen-bond acceptors (Lipinski definition) is 4. The number of hydrogen-bond donors (Lipinski definition) is 0. The van der Waals surface area contributed by atoms with E-state index < -0.39 is 5.92 Å². The molecule has 2 unspecified atom stereocenters. The number of benzene rings is 2. The first-order valence-corrected chi connectivity index (χ1v) is 8.71. The Bertz CT molecular complexity index is 714. The summed E-state index contributed by atoms with van der Waals surface area (Å²) in [6.45, 7) is 3.99. The first kappa shape index (κ1) is 17.4. The first-order chi connectivity index (χ1) is 12.2. The molecule has 1 fully saturated rings. The number of esters is 1. The van der Waals surface area contributed by atoms with Gasteiger partial charge in [-0.15, -0.1) is 0 Å². The molecule has 2 aromatic carbocycles. The van der Waals surface area contributed by atoms with Gasteiger partial charge in [0.2, 0.25) is 0 Å². The summed E-state index contributed by atoms with van der Waals surface area (Å²) < 4.78 is 5.22. The molecule has 0 bridgehead atoms. The van der Waals surface area contributed by atoms with Crippen molar-refractivity contribution in [1.82, 2.24) is 4.90 Å². The lowest BCUT2D eigenvalue weighted by Gasteiger charge is -2.15. The number of Topliss-reactive ketones (excluding diaryl/α,β-unsaturated/α-hetero) is 1. The van der Waals surface area contributed by atoms with Gasteiger partial charge in [0, 0.05) is 31.1 Å². The summed E-state index contributed by atoms with van der Waals surface area (Å²) in [4.78, 5) is 27.5. The fraction of sp³-hybridized carbons (Fsp3) is 0.333. The van der Waals surface area contributed by atoms with Crippen LogP contribution >= 0.6 is 0 Å². The number of ketones is 1. The molecular formula is C21H23NO3. The van der Waals surface area contributed by atoms with Gasteiger partial charge in [-0.1, -0.05) is 60.7 Å². The standard InChI is InChI=1S/C21H23NO3/c1-2-25-21(24)19-15-22(13-16-9-5-3-6-10-16)14-18(19)20(23)17-11-7-4-8-12-17/h3-12,18-19H,2,13-15H2,1H3. The van der Waals surface area contributed by atoms with Crippen LogP contribution in [0.3, 0.4) is 0 Å². The molecule has 0 spiro atoms. The van der Waals surface area contributed by atoms with Crippen molar-refractivity contribution in [2.75, 3.05) is 19.7 Å². The molecule has 0 aliphatic carbocycles. The summed E-state index contributed by atoms with van der Waals surface area (Å²) in [6.07, 6.45) is 0. The van der Waals surface area contributed by atoms with Gasteiger partial charge in [0.15, 0.2) is 5.78 Å². The van der Waals surface area contributed by atoms with Crippen molar-refractivity contribution < 1.29 is 14.3 Å². The normalized spacial score (nSPS) is 20.4. The van der Waals surface area contributed by atoms with Gasteiger partial charge in [-0.25, -0.2) is 0 Å². The lowest BCUT2D eigenvalue weighted by atomic mass is 9.88. The molecule has 2 aromatic rings. The third kappa shape index (κ3) is 4.15. The van der Waals surface area contributed by atoms with Crippen molar-refractivity contribution >= 4 is 11.8 Å². The van der Waals surface area contributed by atoms with E-state index in [9.17, 15) is 9.59 Å². The average Bonchev–Trinajstić information content (AvgIpc) is 3.07. The van der Waals surface area contributed by atoms with Crippen LogP contribution in [0.1, 0.15) is 22.8 Å². The van der Waals surface area contributed by atoms with E-state index in [4.69, 9.17) is 4.74 Å². The van der Waals surface area contributed by atoms with E-state index in [1.165, 1.54) is 5.56 Å². The van der Waals surface area contributed by atoms with Crippen LogP contribution in [0.25, 0.3) is 0 Å². The van der Waals surface area contributed by atoms with Crippen LogP contribution in [-0.4, -0.2) is 36.3 Å². The number of likely N-dealkylation sites (tertiary alicyclic amines) is 1. The maximum Gasteiger partial charge on any atom is 0.311 e. The van der Waals surface area contributed by atoms with Crippen LogP contribution in [0, 0.1) is 11.8 Å². The van der Waals surface area contributed by atoms with Crippen molar-refractivity contribution in [1.29, 1.82) is 0 Å². The third-order valence-corrected chi connectivity index (χ3v) is 4.63. The molecule has 25 heavy (non-hydrogen) atoms. The Hall–Kier alpha value is -2.46. The molecule has 0 saturated carbocycles. The number of carbonyl (C=O) groups is 2. The van der Waals surface area contributed by atoms with Crippen LogP contribution in [-0.2, 0) is 16.1 Å². The molecule has 0 aromatic heterocycles. The van der Waals surface area contributed by atoms with Crippen LogP contribution < -0.4 is 0 Å². The molecule has 0 radical (unpaired) electrons. The highest BCUT2D eigenvalue weighted by Gasteiger charge is 2.42. The van der Waals surface area contributed by atoms with E-state index in [1.54, 1.807) is 6.92 Å². The van der Waals surface area contributed by atoms with E-state index in [1.807, 2.05) is 48.5 Å². The summed E-state index contributed by atoms with van der Waals surface area (Å²) in [6, 6.07) is 19.3. The molecule has 1 heterocycles. The number of ether oxygens (including phenoxy) is 1. The van der Waals surface area contributed by atoms with Crippen LogP contribution in [0.15, 0.2) is 60.7 Å². The number of rotatable bonds is 6. The molecule has 0 amide bonds. The SMILES string of the molecule is CCOC(=O)C1CN(Cc2ccccc2)CC1C(=O)c1ccccc1. The van der Waals surface area contributed by atoms with Crippen LogP contribution in [0.2, 0.25) is 0 Å². The minimum Gasteiger partial charge on any atom is -0.466 e. The average molecular weight is 337 g/mol. The van der Waals surface area contributed by atoms with Gasteiger partial charge in [0.1, 0.15) is 0 Å². The van der Waals surface area contributed by atoms with Gasteiger partial charge in [-0.3, -0.25) is 14.5 Å². The van der Waals surface area contributed by atoms with E-state index in [2.05, 4.69) is 17.0 Å². The number of nitrogens with zero attached hydrogens (tertiary/aromatic N) is 1. The first-order valence-electron chi connectivity index (χ1n) is 8.71. The zero-order valence-corrected chi connectivity index (χ0v) is 14.4. The molecular weight excluding hydrogens is 314 g/mol. The van der Waals surface area contributed by atoms with E-state index >= 15 is 0 Å². The van der Waals surface area contributed by atoms with E-state index in [0.717, 1.165) is 6.54 Å². The predicted molar refractivity (Wildman–Crippen MR) is 96.1 cm³/mol. The zero-order chi connectivity index (χ0) is 17.6. The Balaban J connectivity index is 1.78. The molecule has 1 aliphatic heterocycles. The van der Waals surface area contributed by atoms with Gasteiger partial charge in [-0.2, -0.15) is 0 Å². The lowest BCUT2D eigenvalue weighted by molar-refractivity contribution is -0.148. The van der Waals surface area contributed by atoms with Crippen molar-refractivity contribution in [3.05, 3.63) is 71.8 Å². The Morgan fingerprint density at radius 3 is 2.20 bits per heavy atom. The Kier molecular flexibility index (Phi) is 5.61. The summed E-state index contributed by atoms with van der Waals surface area (Å²) in [5, 5.41) is 0. The monoisotopic (exact) mass is 337 g/mol. The lowest BCUT2D eigenvalue weighted by Crippen LogP contribution is -2.30. The van der Waals surface area contributed by atoms with Gasteiger partial charge < -0.3 is 4.74 Å². The van der Waals surface area contributed by atoms with Crippen molar-refractivity contribution in [3.63, 3.8) is 0 Å².